The third kappa shape index (κ3) is 4.22. The maximum absolute atomic E-state index is 5.57. The van der Waals surface area contributed by atoms with Crippen molar-refractivity contribution in [1.29, 1.82) is 0 Å². The van der Waals surface area contributed by atoms with Crippen molar-refractivity contribution in [3.8, 4) is 0 Å². The van der Waals surface area contributed by atoms with Crippen LogP contribution in [-0.4, -0.2) is 23.0 Å². The molecular weight excluding hydrogens is 226 g/mol. The molecule has 0 spiro atoms. The van der Waals surface area contributed by atoms with Crippen LogP contribution < -0.4 is 5.73 Å². The van der Waals surface area contributed by atoms with Crippen molar-refractivity contribution in [2.75, 3.05) is 18.9 Å². The highest BCUT2D eigenvalue weighted by Crippen LogP contribution is 2.02. The number of ether oxygens (including phenoxy) is 1. The summed E-state index contributed by atoms with van der Waals surface area (Å²) in [4.78, 5) is 0. The average Bonchev–Trinajstić information content (AvgIpc) is 2.81. The lowest BCUT2D eigenvalue weighted by molar-refractivity contribution is 0.122. The number of nitrogens with zero attached hydrogens (tertiary/aromatic N) is 2. The van der Waals surface area contributed by atoms with Crippen molar-refractivity contribution >= 4 is 5.82 Å². The molecule has 2 rings (SSSR count). The highest BCUT2D eigenvalue weighted by Gasteiger charge is 1.95. The Morgan fingerprint density at radius 2 is 1.94 bits per heavy atom. The van der Waals surface area contributed by atoms with Crippen molar-refractivity contribution < 1.29 is 4.74 Å². The minimum absolute atomic E-state index is 0.555. The van der Waals surface area contributed by atoms with Crippen LogP contribution in [0.15, 0.2) is 42.6 Å². The second kappa shape index (κ2) is 6.81. The van der Waals surface area contributed by atoms with Crippen LogP contribution in [0.2, 0.25) is 0 Å². The maximum Gasteiger partial charge on any atom is 0.145 e. The standard InChI is InChI=1S/C14H19N3O/c15-14-8-9-17(16-14)10-12-18-11-4-7-13-5-2-1-3-6-13/h1-3,5-6,8-9H,4,7,10-12H2,(H2,15,16). The van der Waals surface area contributed by atoms with Crippen LogP contribution in [0.4, 0.5) is 5.82 Å². The molecule has 2 N–H and O–H groups in total. The fourth-order valence-electron chi connectivity index (χ4n) is 1.79. The summed E-state index contributed by atoms with van der Waals surface area (Å²) in [6.07, 6.45) is 3.98. The van der Waals surface area contributed by atoms with Crippen LogP contribution in [0, 0.1) is 0 Å². The minimum atomic E-state index is 0.555. The smallest absolute Gasteiger partial charge is 0.145 e. The average molecular weight is 245 g/mol. The molecule has 0 aliphatic heterocycles. The van der Waals surface area contributed by atoms with Crippen LogP contribution in [0.25, 0.3) is 0 Å². The fourth-order valence-corrected chi connectivity index (χ4v) is 1.79. The quantitative estimate of drug-likeness (QED) is 0.760. The SMILES string of the molecule is Nc1ccn(CCOCCCc2ccccc2)n1. The molecule has 2 aromatic rings. The van der Waals surface area contributed by atoms with Crippen molar-refractivity contribution in [3.05, 3.63) is 48.2 Å². The van der Waals surface area contributed by atoms with Gasteiger partial charge in [0.05, 0.1) is 13.2 Å². The van der Waals surface area contributed by atoms with Gasteiger partial charge in [0, 0.05) is 12.8 Å². The zero-order valence-electron chi connectivity index (χ0n) is 10.5. The molecule has 0 saturated carbocycles. The Kier molecular flexibility index (Phi) is 4.78. The number of aromatic nitrogens is 2. The van der Waals surface area contributed by atoms with E-state index >= 15 is 0 Å². The summed E-state index contributed by atoms with van der Waals surface area (Å²) in [6.45, 7) is 2.21. The predicted molar refractivity (Wildman–Crippen MR) is 72.2 cm³/mol. The lowest BCUT2D eigenvalue weighted by atomic mass is 10.1. The summed E-state index contributed by atoms with van der Waals surface area (Å²) in [5.74, 6) is 0.555. The third-order valence-corrected chi connectivity index (χ3v) is 2.72. The molecule has 0 unspecified atom stereocenters. The van der Waals surface area contributed by atoms with Gasteiger partial charge in [0.1, 0.15) is 5.82 Å². The number of hydrogen-bond acceptors (Lipinski definition) is 3. The van der Waals surface area contributed by atoms with Gasteiger partial charge >= 0.3 is 0 Å². The first kappa shape index (κ1) is 12.6. The summed E-state index contributed by atoms with van der Waals surface area (Å²) in [5, 5.41) is 4.09. The number of nitrogen functional groups attached to an aromatic ring is 1. The minimum Gasteiger partial charge on any atom is -0.382 e. The van der Waals surface area contributed by atoms with Gasteiger partial charge in [-0.05, 0) is 24.5 Å². The largest absolute Gasteiger partial charge is 0.382 e. The van der Waals surface area contributed by atoms with E-state index in [0.717, 1.165) is 26.0 Å². The van der Waals surface area contributed by atoms with E-state index in [1.807, 2.05) is 12.3 Å². The van der Waals surface area contributed by atoms with E-state index in [-0.39, 0.29) is 0 Å². The van der Waals surface area contributed by atoms with Gasteiger partial charge in [0.25, 0.3) is 0 Å². The number of hydrogen-bond donors (Lipinski definition) is 1. The lowest BCUT2D eigenvalue weighted by Gasteiger charge is -2.04. The molecule has 0 atom stereocenters. The van der Waals surface area contributed by atoms with Crippen molar-refractivity contribution in [2.24, 2.45) is 0 Å². The molecule has 0 fully saturated rings. The van der Waals surface area contributed by atoms with E-state index in [1.165, 1.54) is 5.56 Å². The predicted octanol–water partition coefficient (Wildman–Crippen LogP) is 2.11. The molecule has 1 aromatic heterocycles. The van der Waals surface area contributed by atoms with Crippen LogP contribution in [-0.2, 0) is 17.7 Å². The molecule has 96 valence electrons. The number of nitrogens with two attached hydrogens (primary N) is 1. The monoisotopic (exact) mass is 245 g/mol. The molecular formula is C14H19N3O. The Morgan fingerprint density at radius 3 is 2.67 bits per heavy atom. The maximum atomic E-state index is 5.57. The van der Waals surface area contributed by atoms with Gasteiger partial charge in [-0.3, -0.25) is 4.68 Å². The molecule has 0 radical (unpaired) electrons. The van der Waals surface area contributed by atoms with Crippen LogP contribution in [0.3, 0.4) is 0 Å². The molecule has 18 heavy (non-hydrogen) atoms. The zero-order valence-corrected chi connectivity index (χ0v) is 10.5. The molecule has 4 nitrogen and oxygen atoms in total. The lowest BCUT2D eigenvalue weighted by Crippen LogP contribution is -2.08. The Hall–Kier alpha value is -1.81. The van der Waals surface area contributed by atoms with E-state index in [2.05, 4.69) is 29.4 Å². The molecule has 0 aliphatic rings. The van der Waals surface area contributed by atoms with E-state index in [1.54, 1.807) is 10.7 Å². The second-order valence-corrected chi connectivity index (χ2v) is 4.21. The number of aryl methyl sites for hydroxylation is 1. The van der Waals surface area contributed by atoms with Gasteiger partial charge in [-0.15, -0.1) is 0 Å². The molecule has 0 saturated heterocycles. The summed E-state index contributed by atoms with van der Waals surface area (Å²) in [7, 11) is 0. The molecule has 1 aromatic carbocycles. The van der Waals surface area contributed by atoms with Crippen LogP contribution >= 0.6 is 0 Å². The Bertz CT molecular complexity index is 453. The molecule has 0 aliphatic carbocycles. The number of benzene rings is 1. The van der Waals surface area contributed by atoms with Crippen LogP contribution in [0.5, 0.6) is 0 Å². The van der Waals surface area contributed by atoms with Gasteiger partial charge in [-0.2, -0.15) is 5.10 Å². The highest BCUT2D eigenvalue weighted by atomic mass is 16.5. The van der Waals surface area contributed by atoms with E-state index in [9.17, 15) is 0 Å². The normalized spacial score (nSPS) is 10.7. The van der Waals surface area contributed by atoms with Crippen molar-refractivity contribution in [2.45, 2.75) is 19.4 Å². The molecule has 4 heteroatoms. The Morgan fingerprint density at radius 1 is 1.11 bits per heavy atom. The highest BCUT2D eigenvalue weighted by molar-refractivity contribution is 5.23. The van der Waals surface area contributed by atoms with E-state index < -0.39 is 0 Å². The fraction of sp³-hybridized carbons (Fsp3) is 0.357. The second-order valence-electron chi connectivity index (χ2n) is 4.21. The Labute approximate surface area is 107 Å². The van der Waals surface area contributed by atoms with Gasteiger partial charge in [-0.25, -0.2) is 0 Å². The number of rotatable bonds is 7. The summed E-state index contributed by atoms with van der Waals surface area (Å²) < 4.78 is 7.37. The first-order valence-electron chi connectivity index (χ1n) is 6.25. The molecule has 1 heterocycles. The zero-order chi connectivity index (χ0) is 12.6. The molecule has 0 bridgehead atoms. The van der Waals surface area contributed by atoms with E-state index in [4.69, 9.17) is 10.5 Å². The first-order valence-corrected chi connectivity index (χ1v) is 6.25. The summed E-state index contributed by atoms with van der Waals surface area (Å²) in [6, 6.07) is 12.3. The van der Waals surface area contributed by atoms with Crippen molar-refractivity contribution in [3.63, 3.8) is 0 Å². The first-order chi connectivity index (χ1) is 8.84. The number of anilines is 1. The van der Waals surface area contributed by atoms with Gasteiger partial charge < -0.3 is 10.5 Å². The summed E-state index contributed by atoms with van der Waals surface area (Å²) in [5.41, 5.74) is 6.88. The van der Waals surface area contributed by atoms with E-state index in [0.29, 0.717) is 12.4 Å². The summed E-state index contributed by atoms with van der Waals surface area (Å²) >= 11 is 0. The van der Waals surface area contributed by atoms with Crippen LogP contribution in [0.1, 0.15) is 12.0 Å². The Balaban J connectivity index is 1.54. The third-order valence-electron chi connectivity index (χ3n) is 2.72. The van der Waals surface area contributed by atoms with Gasteiger partial charge in [0.2, 0.25) is 0 Å². The van der Waals surface area contributed by atoms with Crippen molar-refractivity contribution in [1.82, 2.24) is 9.78 Å². The van der Waals surface area contributed by atoms with Gasteiger partial charge in [0.15, 0.2) is 0 Å². The van der Waals surface area contributed by atoms with Gasteiger partial charge in [-0.1, -0.05) is 30.3 Å². The topological polar surface area (TPSA) is 53.1 Å². The molecule has 0 amide bonds.